The first-order valence-corrected chi connectivity index (χ1v) is 6.33. The number of hydrogen-bond donors (Lipinski definition) is 1. The summed E-state index contributed by atoms with van der Waals surface area (Å²) in [7, 11) is 0. The van der Waals surface area contributed by atoms with Crippen LogP contribution in [0.4, 0.5) is 5.82 Å². The molecule has 3 nitrogen and oxygen atoms in total. The highest BCUT2D eigenvalue weighted by Gasteiger charge is 2.09. The van der Waals surface area contributed by atoms with Gasteiger partial charge in [-0.25, -0.2) is 9.97 Å². The number of nitrogens with two attached hydrogens (primary N) is 1. The van der Waals surface area contributed by atoms with Gasteiger partial charge in [0.25, 0.3) is 0 Å². The number of halogens is 2. The number of hydrogen-bond acceptors (Lipinski definition) is 3. The van der Waals surface area contributed by atoms with Crippen LogP contribution in [0.2, 0.25) is 10.0 Å². The smallest absolute Gasteiger partial charge is 0.161 e. The van der Waals surface area contributed by atoms with Crippen molar-refractivity contribution in [2.75, 3.05) is 5.73 Å². The Morgan fingerprint density at radius 2 is 1.78 bits per heavy atom. The summed E-state index contributed by atoms with van der Waals surface area (Å²) in [6.45, 7) is 4.11. The van der Waals surface area contributed by atoms with Crippen molar-refractivity contribution >= 4 is 29.0 Å². The van der Waals surface area contributed by atoms with E-state index >= 15 is 0 Å². The molecule has 2 aromatic rings. The Bertz CT molecular complexity index is 582. The molecular formula is C13H13Cl2N3. The molecule has 0 atom stereocenters. The van der Waals surface area contributed by atoms with Crippen LogP contribution < -0.4 is 5.73 Å². The highest BCUT2D eigenvalue weighted by Crippen LogP contribution is 2.28. The van der Waals surface area contributed by atoms with Gasteiger partial charge in [0.05, 0.1) is 10.0 Å². The van der Waals surface area contributed by atoms with Crippen LogP contribution in [-0.4, -0.2) is 9.97 Å². The number of nitrogen functional groups attached to an aromatic ring is 1. The summed E-state index contributed by atoms with van der Waals surface area (Å²) < 4.78 is 0. The van der Waals surface area contributed by atoms with Gasteiger partial charge in [-0.05, 0) is 24.1 Å². The standard InChI is InChI=1S/C13H13Cl2N3/c1-7(2)11-6-12(16)18-13(17-11)8-3-4-9(14)10(15)5-8/h3-7H,1-2H3,(H2,16,17,18). The lowest BCUT2D eigenvalue weighted by molar-refractivity contribution is 0.818. The zero-order chi connectivity index (χ0) is 13.3. The van der Waals surface area contributed by atoms with Crippen molar-refractivity contribution in [3.8, 4) is 11.4 Å². The number of benzene rings is 1. The monoisotopic (exact) mass is 281 g/mol. The fraction of sp³-hybridized carbons (Fsp3) is 0.231. The third-order valence-electron chi connectivity index (χ3n) is 2.54. The molecule has 1 aromatic carbocycles. The lowest BCUT2D eigenvalue weighted by atomic mass is 10.1. The van der Waals surface area contributed by atoms with Crippen LogP contribution >= 0.6 is 23.2 Å². The minimum absolute atomic E-state index is 0.289. The van der Waals surface area contributed by atoms with E-state index in [9.17, 15) is 0 Å². The molecule has 0 saturated carbocycles. The molecule has 1 heterocycles. The van der Waals surface area contributed by atoms with Crippen molar-refractivity contribution in [1.29, 1.82) is 0 Å². The molecule has 0 aliphatic heterocycles. The van der Waals surface area contributed by atoms with Crippen LogP contribution in [0.15, 0.2) is 24.3 Å². The molecule has 94 valence electrons. The lowest BCUT2D eigenvalue weighted by Gasteiger charge is -2.08. The maximum atomic E-state index is 5.99. The van der Waals surface area contributed by atoms with Crippen LogP contribution in [-0.2, 0) is 0 Å². The molecule has 0 saturated heterocycles. The fourth-order valence-electron chi connectivity index (χ4n) is 1.55. The van der Waals surface area contributed by atoms with E-state index in [-0.39, 0.29) is 5.92 Å². The molecule has 0 aliphatic carbocycles. The summed E-state index contributed by atoms with van der Waals surface area (Å²) in [5.41, 5.74) is 7.50. The van der Waals surface area contributed by atoms with Gasteiger partial charge in [-0.2, -0.15) is 0 Å². The van der Waals surface area contributed by atoms with E-state index in [2.05, 4.69) is 23.8 Å². The number of rotatable bonds is 2. The van der Waals surface area contributed by atoms with E-state index in [1.165, 1.54) is 0 Å². The molecule has 1 aromatic heterocycles. The summed E-state index contributed by atoms with van der Waals surface area (Å²) >= 11 is 11.9. The van der Waals surface area contributed by atoms with Gasteiger partial charge in [0.2, 0.25) is 0 Å². The predicted molar refractivity (Wildman–Crippen MR) is 76.0 cm³/mol. The summed E-state index contributed by atoms with van der Waals surface area (Å²) in [6.07, 6.45) is 0. The van der Waals surface area contributed by atoms with Crippen LogP contribution in [0, 0.1) is 0 Å². The summed E-state index contributed by atoms with van der Waals surface area (Å²) in [4.78, 5) is 8.70. The average Bonchev–Trinajstić information content (AvgIpc) is 2.31. The molecule has 0 amide bonds. The quantitative estimate of drug-likeness (QED) is 0.899. The minimum Gasteiger partial charge on any atom is -0.384 e. The van der Waals surface area contributed by atoms with E-state index in [0.29, 0.717) is 21.7 Å². The first-order valence-electron chi connectivity index (χ1n) is 5.57. The largest absolute Gasteiger partial charge is 0.384 e. The van der Waals surface area contributed by atoms with E-state index in [1.807, 2.05) is 6.07 Å². The molecule has 0 radical (unpaired) electrons. The van der Waals surface area contributed by atoms with Crippen molar-refractivity contribution in [1.82, 2.24) is 9.97 Å². The molecule has 0 unspecified atom stereocenters. The number of nitrogens with zero attached hydrogens (tertiary/aromatic N) is 2. The van der Waals surface area contributed by atoms with Crippen molar-refractivity contribution in [2.24, 2.45) is 0 Å². The Labute approximate surface area is 116 Å². The Kier molecular flexibility index (Phi) is 3.73. The van der Waals surface area contributed by atoms with E-state index in [0.717, 1.165) is 11.3 Å². The molecule has 2 N–H and O–H groups in total. The van der Waals surface area contributed by atoms with Crippen molar-refractivity contribution in [3.63, 3.8) is 0 Å². The van der Waals surface area contributed by atoms with Gasteiger partial charge in [0.1, 0.15) is 5.82 Å². The van der Waals surface area contributed by atoms with Crippen LogP contribution in [0.3, 0.4) is 0 Å². The first kappa shape index (κ1) is 13.1. The second kappa shape index (κ2) is 5.12. The van der Waals surface area contributed by atoms with Gasteiger partial charge in [0.15, 0.2) is 5.82 Å². The Morgan fingerprint density at radius 1 is 1.06 bits per heavy atom. The summed E-state index contributed by atoms with van der Waals surface area (Å²) in [6, 6.07) is 7.07. The molecule has 2 rings (SSSR count). The SMILES string of the molecule is CC(C)c1cc(N)nc(-c2ccc(Cl)c(Cl)c2)n1. The van der Waals surface area contributed by atoms with E-state index in [1.54, 1.807) is 18.2 Å². The third kappa shape index (κ3) is 2.74. The Hall–Kier alpha value is -1.32. The summed E-state index contributed by atoms with van der Waals surface area (Å²) in [5.74, 6) is 1.31. The van der Waals surface area contributed by atoms with Gasteiger partial charge in [0, 0.05) is 17.3 Å². The van der Waals surface area contributed by atoms with E-state index in [4.69, 9.17) is 28.9 Å². The normalized spacial score (nSPS) is 10.9. The van der Waals surface area contributed by atoms with Crippen LogP contribution in [0.5, 0.6) is 0 Å². The third-order valence-corrected chi connectivity index (χ3v) is 3.27. The first-order chi connectivity index (χ1) is 8.47. The Morgan fingerprint density at radius 3 is 2.39 bits per heavy atom. The van der Waals surface area contributed by atoms with Crippen molar-refractivity contribution in [3.05, 3.63) is 40.0 Å². The van der Waals surface area contributed by atoms with Crippen molar-refractivity contribution < 1.29 is 0 Å². The highest BCUT2D eigenvalue weighted by atomic mass is 35.5. The number of anilines is 1. The van der Waals surface area contributed by atoms with Gasteiger partial charge in [-0.3, -0.25) is 0 Å². The molecule has 0 spiro atoms. The molecule has 0 bridgehead atoms. The predicted octanol–water partition coefficient (Wildman–Crippen LogP) is 4.16. The van der Waals surface area contributed by atoms with Crippen molar-refractivity contribution in [2.45, 2.75) is 19.8 Å². The fourth-order valence-corrected chi connectivity index (χ4v) is 1.84. The topological polar surface area (TPSA) is 51.8 Å². The van der Waals surface area contributed by atoms with E-state index < -0.39 is 0 Å². The summed E-state index contributed by atoms with van der Waals surface area (Å²) in [5, 5.41) is 0.986. The van der Waals surface area contributed by atoms with Gasteiger partial charge in [-0.1, -0.05) is 37.0 Å². The highest BCUT2D eigenvalue weighted by molar-refractivity contribution is 6.42. The maximum absolute atomic E-state index is 5.99. The zero-order valence-corrected chi connectivity index (χ0v) is 11.6. The molecule has 0 aliphatic rings. The van der Waals surface area contributed by atoms with Crippen LogP contribution in [0.1, 0.15) is 25.5 Å². The molecule has 5 heteroatoms. The second-order valence-corrected chi connectivity index (χ2v) is 5.14. The second-order valence-electron chi connectivity index (χ2n) is 4.32. The lowest BCUT2D eigenvalue weighted by Crippen LogP contribution is -2.01. The maximum Gasteiger partial charge on any atom is 0.161 e. The number of aromatic nitrogens is 2. The molecule has 18 heavy (non-hydrogen) atoms. The molecule has 0 fully saturated rings. The zero-order valence-electron chi connectivity index (χ0n) is 10.1. The van der Waals surface area contributed by atoms with Gasteiger partial charge in [-0.15, -0.1) is 0 Å². The average molecular weight is 282 g/mol. The van der Waals surface area contributed by atoms with Gasteiger partial charge < -0.3 is 5.73 Å². The molecular weight excluding hydrogens is 269 g/mol. The van der Waals surface area contributed by atoms with Gasteiger partial charge >= 0.3 is 0 Å². The Balaban J connectivity index is 2.53. The minimum atomic E-state index is 0.289. The van der Waals surface area contributed by atoms with Crippen LogP contribution in [0.25, 0.3) is 11.4 Å².